The van der Waals surface area contributed by atoms with Crippen LogP contribution in [-0.4, -0.2) is 69.6 Å². The zero-order valence-corrected chi connectivity index (χ0v) is 15.4. The van der Waals surface area contributed by atoms with E-state index >= 15 is 0 Å². The molecule has 1 saturated heterocycles. The van der Waals surface area contributed by atoms with Crippen molar-refractivity contribution in [1.82, 2.24) is 29.6 Å². The predicted molar refractivity (Wildman–Crippen MR) is 99.8 cm³/mol. The van der Waals surface area contributed by atoms with Crippen molar-refractivity contribution in [1.29, 1.82) is 0 Å². The van der Waals surface area contributed by atoms with Crippen molar-refractivity contribution in [2.24, 2.45) is 0 Å². The fourth-order valence-electron chi connectivity index (χ4n) is 3.14. The maximum Gasteiger partial charge on any atom is 0.293 e. The molecule has 1 amide bonds. The topological polar surface area (TPSA) is 107 Å². The first-order chi connectivity index (χ1) is 13.7. The van der Waals surface area contributed by atoms with Gasteiger partial charge < -0.3 is 14.5 Å². The highest BCUT2D eigenvalue weighted by atomic mass is 16.5. The minimum Gasteiger partial charge on any atom is -0.463 e. The Kier molecular flexibility index (Phi) is 5.49. The highest BCUT2D eigenvalue weighted by molar-refractivity contribution is 5.75. The van der Waals surface area contributed by atoms with E-state index in [0.29, 0.717) is 23.5 Å². The van der Waals surface area contributed by atoms with Crippen molar-refractivity contribution in [2.45, 2.75) is 13.0 Å². The smallest absolute Gasteiger partial charge is 0.293 e. The summed E-state index contributed by atoms with van der Waals surface area (Å²) in [5.41, 5.74) is 0.493. The Morgan fingerprint density at radius 3 is 2.93 bits per heavy atom. The number of carbonyl (C=O) groups excluding carboxylic acids is 1. The average molecular weight is 386 g/mol. The second kappa shape index (κ2) is 8.36. The van der Waals surface area contributed by atoms with Crippen LogP contribution in [0, 0.1) is 0 Å². The quantitative estimate of drug-likeness (QED) is 0.569. The Hall–Kier alpha value is -2.98. The van der Waals surface area contributed by atoms with Crippen molar-refractivity contribution < 1.29 is 13.9 Å². The molecule has 0 saturated carbocycles. The lowest BCUT2D eigenvalue weighted by Gasteiger charge is -2.26. The Morgan fingerprint density at radius 1 is 1.29 bits per heavy atom. The van der Waals surface area contributed by atoms with Crippen molar-refractivity contribution >= 4 is 11.4 Å². The summed E-state index contributed by atoms with van der Waals surface area (Å²) in [4.78, 5) is 27.1. The minimum atomic E-state index is -0.378. The zero-order chi connectivity index (χ0) is 19.3. The van der Waals surface area contributed by atoms with Gasteiger partial charge in [0.1, 0.15) is 24.1 Å². The van der Waals surface area contributed by atoms with E-state index in [-0.39, 0.29) is 18.0 Å². The lowest BCUT2D eigenvalue weighted by molar-refractivity contribution is -0.121. The molecule has 0 unspecified atom stereocenters. The summed E-state index contributed by atoms with van der Waals surface area (Å²) in [6.45, 7) is 4.73. The minimum absolute atomic E-state index is 0.131. The van der Waals surface area contributed by atoms with Crippen molar-refractivity contribution in [3.8, 4) is 11.5 Å². The monoisotopic (exact) mass is 386 g/mol. The summed E-state index contributed by atoms with van der Waals surface area (Å²) in [7, 11) is 0. The van der Waals surface area contributed by atoms with Crippen LogP contribution < -0.4 is 10.9 Å². The van der Waals surface area contributed by atoms with E-state index in [0.717, 1.165) is 44.0 Å². The van der Waals surface area contributed by atoms with Gasteiger partial charge in [-0.15, -0.1) is 0 Å². The summed E-state index contributed by atoms with van der Waals surface area (Å²) < 4.78 is 13.1. The first kappa shape index (κ1) is 18.4. The maximum atomic E-state index is 12.6. The molecule has 0 bridgehead atoms. The van der Waals surface area contributed by atoms with Gasteiger partial charge in [0.25, 0.3) is 5.56 Å². The van der Waals surface area contributed by atoms with Gasteiger partial charge in [0.2, 0.25) is 5.91 Å². The number of ether oxygens (including phenoxy) is 1. The molecule has 3 aromatic heterocycles. The van der Waals surface area contributed by atoms with E-state index in [1.807, 2.05) is 0 Å². The number of fused-ring (bicyclic) bond motifs is 1. The van der Waals surface area contributed by atoms with Crippen LogP contribution in [0.5, 0.6) is 0 Å². The van der Waals surface area contributed by atoms with E-state index in [4.69, 9.17) is 9.15 Å². The molecular weight excluding hydrogens is 364 g/mol. The van der Waals surface area contributed by atoms with E-state index < -0.39 is 0 Å². The first-order valence-electron chi connectivity index (χ1n) is 9.27. The molecule has 1 aliphatic heterocycles. The number of amides is 1. The fourth-order valence-corrected chi connectivity index (χ4v) is 3.14. The van der Waals surface area contributed by atoms with Crippen molar-refractivity contribution in [3.05, 3.63) is 41.1 Å². The average Bonchev–Trinajstić information content (AvgIpc) is 3.38. The van der Waals surface area contributed by atoms with Gasteiger partial charge in [0.15, 0.2) is 5.76 Å². The van der Waals surface area contributed by atoms with Gasteiger partial charge in [0, 0.05) is 25.7 Å². The molecule has 4 heterocycles. The van der Waals surface area contributed by atoms with E-state index in [1.165, 1.54) is 10.8 Å². The second-order valence-electron chi connectivity index (χ2n) is 6.59. The molecule has 148 valence electrons. The van der Waals surface area contributed by atoms with Gasteiger partial charge >= 0.3 is 0 Å². The van der Waals surface area contributed by atoms with Crippen molar-refractivity contribution in [3.63, 3.8) is 0 Å². The summed E-state index contributed by atoms with van der Waals surface area (Å²) >= 11 is 0. The molecule has 28 heavy (non-hydrogen) atoms. The lowest BCUT2D eigenvalue weighted by Crippen LogP contribution is -2.39. The molecule has 1 N–H and O–H groups in total. The normalized spacial score (nSPS) is 15.1. The zero-order valence-electron chi connectivity index (χ0n) is 15.4. The molecule has 3 aromatic rings. The lowest BCUT2D eigenvalue weighted by atomic mass is 10.3. The number of rotatable bonds is 7. The second-order valence-corrected chi connectivity index (χ2v) is 6.59. The molecule has 0 aliphatic carbocycles. The number of hydrogen-bond acceptors (Lipinski definition) is 7. The van der Waals surface area contributed by atoms with Gasteiger partial charge in [-0.25, -0.2) is 9.20 Å². The number of furan rings is 1. The molecule has 1 fully saturated rings. The van der Waals surface area contributed by atoms with E-state index in [2.05, 4.69) is 20.4 Å². The third-order valence-electron chi connectivity index (χ3n) is 4.63. The summed E-state index contributed by atoms with van der Waals surface area (Å²) in [5.74, 6) is 0.319. The molecule has 10 heteroatoms. The third-order valence-corrected chi connectivity index (χ3v) is 4.63. The molecule has 0 radical (unpaired) electrons. The third kappa shape index (κ3) is 4.12. The fraction of sp³-hybridized carbons (Fsp3) is 0.444. The Bertz CT molecular complexity index is 987. The predicted octanol–water partition coefficient (Wildman–Crippen LogP) is -0.0105. The molecule has 4 rings (SSSR count). The van der Waals surface area contributed by atoms with Crippen LogP contribution in [0.2, 0.25) is 0 Å². The highest BCUT2D eigenvalue weighted by Gasteiger charge is 2.14. The van der Waals surface area contributed by atoms with Gasteiger partial charge in [-0.1, -0.05) is 0 Å². The highest BCUT2D eigenvalue weighted by Crippen LogP contribution is 2.18. The van der Waals surface area contributed by atoms with Gasteiger partial charge in [-0.3, -0.25) is 14.5 Å². The number of hydrogen-bond donors (Lipinski definition) is 1. The molecule has 0 spiro atoms. The number of aromatic nitrogens is 4. The molecule has 1 aliphatic rings. The Balaban J connectivity index is 1.34. The van der Waals surface area contributed by atoms with Gasteiger partial charge in [0.05, 0.1) is 19.5 Å². The molecular formula is C18H22N6O4. The van der Waals surface area contributed by atoms with Gasteiger partial charge in [-0.2, -0.15) is 10.2 Å². The van der Waals surface area contributed by atoms with Crippen LogP contribution in [0.1, 0.15) is 6.42 Å². The Labute approximate surface area is 160 Å². The van der Waals surface area contributed by atoms with Crippen LogP contribution in [0.15, 0.2) is 40.0 Å². The largest absolute Gasteiger partial charge is 0.463 e. The van der Waals surface area contributed by atoms with Crippen LogP contribution in [0.25, 0.3) is 17.0 Å². The SMILES string of the molecule is O=C(Cn1ncn2nc(-c3ccco3)cc2c1=O)NCCCN1CCOCC1. The number of nitrogens with zero attached hydrogens (tertiary/aromatic N) is 5. The summed E-state index contributed by atoms with van der Waals surface area (Å²) in [6.07, 6.45) is 3.80. The van der Waals surface area contributed by atoms with Crippen LogP contribution in [-0.2, 0) is 16.1 Å². The summed E-state index contributed by atoms with van der Waals surface area (Å²) in [5, 5.41) is 11.1. The standard InChI is InChI=1S/C18H22N6O4/c25-17(19-4-2-5-22-6-9-27-10-7-22)12-23-18(26)15-11-14(16-3-1-8-28-16)21-24(15)13-20-23/h1,3,8,11,13H,2,4-7,9-10,12H2,(H,19,25). The van der Waals surface area contributed by atoms with Crippen LogP contribution in [0.3, 0.4) is 0 Å². The Morgan fingerprint density at radius 2 is 2.14 bits per heavy atom. The van der Waals surface area contributed by atoms with Crippen LogP contribution in [0.4, 0.5) is 0 Å². The molecule has 10 nitrogen and oxygen atoms in total. The van der Waals surface area contributed by atoms with E-state index in [1.54, 1.807) is 24.5 Å². The first-order valence-corrected chi connectivity index (χ1v) is 9.27. The molecule has 0 aromatic carbocycles. The maximum absolute atomic E-state index is 12.6. The van der Waals surface area contributed by atoms with Crippen LogP contribution >= 0.6 is 0 Å². The number of carbonyl (C=O) groups is 1. The van der Waals surface area contributed by atoms with Gasteiger partial charge in [-0.05, 0) is 25.1 Å². The van der Waals surface area contributed by atoms with E-state index in [9.17, 15) is 9.59 Å². The summed E-state index contributed by atoms with van der Waals surface area (Å²) in [6, 6.07) is 5.14. The number of nitrogens with one attached hydrogen (secondary N) is 1. The van der Waals surface area contributed by atoms with Crippen molar-refractivity contribution in [2.75, 3.05) is 39.4 Å². The number of morpholine rings is 1. The molecule has 0 atom stereocenters.